The Morgan fingerprint density at radius 1 is 0.907 bits per heavy atom. The van der Waals surface area contributed by atoms with Crippen molar-refractivity contribution in [3.63, 3.8) is 0 Å². The molecular formula is C31H37Cl2N3O6S. The predicted molar refractivity (Wildman–Crippen MR) is 170 cm³/mol. The van der Waals surface area contributed by atoms with E-state index in [0.29, 0.717) is 27.8 Å². The van der Waals surface area contributed by atoms with E-state index >= 15 is 0 Å². The second-order valence-corrected chi connectivity index (χ2v) is 12.6. The third-order valence-electron chi connectivity index (χ3n) is 7.01. The lowest BCUT2D eigenvalue weighted by Crippen LogP contribution is -2.53. The van der Waals surface area contributed by atoms with E-state index in [2.05, 4.69) is 5.32 Å². The van der Waals surface area contributed by atoms with Gasteiger partial charge < -0.3 is 19.7 Å². The molecule has 0 fully saturated rings. The van der Waals surface area contributed by atoms with E-state index in [9.17, 15) is 18.0 Å². The lowest BCUT2D eigenvalue weighted by Gasteiger charge is -2.34. The molecule has 9 nitrogen and oxygen atoms in total. The molecule has 0 saturated heterocycles. The Hall–Kier alpha value is -3.47. The topological polar surface area (TPSA) is 105 Å². The second-order valence-electron chi connectivity index (χ2n) is 9.86. The van der Waals surface area contributed by atoms with E-state index in [-0.39, 0.29) is 41.2 Å². The zero-order chi connectivity index (χ0) is 31.7. The number of methoxy groups -OCH3 is 2. The van der Waals surface area contributed by atoms with Gasteiger partial charge in [-0.05, 0) is 61.7 Å². The molecule has 0 unspecified atom stereocenters. The first-order valence-electron chi connectivity index (χ1n) is 13.8. The number of benzene rings is 3. The molecule has 3 aromatic rings. The van der Waals surface area contributed by atoms with Gasteiger partial charge in [0, 0.05) is 28.7 Å². The van der Waals surface area contributed by atoms with Crippen molar-refractivity contribution in [3.05, 3.63) is 82.3 Å². The van der Waals surface area contributed by atoms with Crippen LogP contribution in [0.5, 0.6) is 11.5 Å². The van der Waals surface area contributed by atoms with E-state index in [1.165, 1.54) is 43.4 Å². The average Bonchev–Trinajstić information content (AvgIpc) is 3.00. The van der Waals surface area contributed by atoms with Gasteiger partial charge in [-0.2, -0.15) is 0 Å². The van der Waals surface area contributed by atoms with Crippen LogP contribution >= 0.6 is 23.2 Å². The van der Waals surface area contributed by atoms with Crippen molar-refractivity contribution in [1.29, 1.82) is 0 Å². The molecule has 43 heavy (non-hydrogen) atoms. The van der Waals surface area contributed by atoms with E-state index in [0.717, 1.165) is 4.31 Å². The number of nitrogens with zero attached hydrogens (tertiary/aromatic N) is 2. The Kier molecular flexibility index (Phi) is 12.1. The molecule has 0 heterocycles. The summed E-state index contributed by atoms with van der Waals surface area (Å²) >= 11 is 12.6. The highest BCUT2D eigenvalue weighted by molar-refractivity contribution is 7.92. The molecule has 12 heteroatoms. The van der Waals surface area contributed by atoms with Gasteiger partial charge in [-0.25, -0.2) is 8.42 Å². The van der Waals surface area contributed by atoms with E-state index in [4.69, 9.17) is 32.7 Å². The summed E-state index contributed by atoms with van der Waals surface area (Å²) < 4.78 is 39.8. The standard InChI is InChI=1S/C31H37Cl2N3O6S/c1-6-21(3)34-31(38)27(7-2)35(19-22-13-14-23(32)17-26(22)33)30(37)20-36(43(39,40)25-11-9-8-10-12-25)24-15-16-28(41-4)29(18-24)42-5/h8-18,21,27H,6-7,19-20H2,1-5H3,(H,34,38)/t21-,27-/m0/s1. The second kappa shape index (κ2) is 15.3. The molecule has 1 N–H and O–H groups in total. The van der Waals surface area contributed by atoms with Gasteiger partial charge in [0.15, 0.2) is 11.5 Å². The average molecular weight is 651 g/mol. The van der Waals surface area contributed by atoms with Crippen LogP contribution < -0.4 is 19.1 Å². The number of hydrogen-bond acceptors (Lipinski definition) is 6. The van der Waals surface area contributed by atoms with Gasteiger partial charge in [-0.1, -0.05) is 61.3 Å². The van der Waals surface area contributed by atoms with Crippen molar-refractivity contribution in [1.82, 2.24) is 10.2 Å². The molecule has 3 rings (SSSR count). The number of amides is 2. The molecule has 0 bridgehead atoms. The fourth-order valence-electron chi connectivity index (χ4n) is 4.42. The molecule has 0 aliphatic carbocycles. The first kappa shape index (κ1) is 34.0. The number of nitrogens with one attached hydrogen (secondary N) is 1. The van der Waals surface area contributed by atoms with Crippen LogP contribution in [0.2, 0.25) is 10.0 Å². The predicted octanol–water partition coefficient (Wildman–Crippen LogP) is 5.93. The fourth-order valence-corrected chi connectivity index (χ4v) is 6.32. The van der Waals surface area contributed by atoms with E-state index in [1.54, 1.807) is 49.4 Å². The summed E-state index contributed by atoms with van der Waals surface area (Å²) in [4.78, 5) is 29.0. The molecular weight excluding hydrogens is 613 g/mol. The number of hydrogen-bond donors (Lipinski definition) is 1. The zero-order valence-corrected chi connectivity index (χ0v) is 27.2. The number of ether oxygens (including phenoxy) is 2. The maximum atomic E-state index is 14.2. The van der Waals surface area contributed by atoms with E-state index < -0.39 is 28.5 Å². The maximum absolute atomic E-state index is 14.2. The molecule has 0 aliphatic heterocycles. The number of anilines is 1. The van der Waals surface area contributed by atoms with Crippen LogP contribution in [0.15, 0.2) is 71.6 Å². The van der Waals surface area contributed by atoms with Crippen molar-refractivity contribution in [3.8, 4) is 11.5 Å². The number of halogens is 2. The Balaban J connectivity index is 2.13. The number of rotatable bonds is 14. The van der Waals surface area contributed by atoms with Crippen molar-refractivity contribution in [2.45, 2.75) is 57.1 Å². The summed E-state index contributed by atoms with van der Waals surface area (Å²) in [5, 5.41) is 3.68. The Labute approximate surface area is 263 Å². The van der Waals surface area contributed by atoms with Crippen LogP contribution in [0.4, 0.5) is 5.69 Å². The third-order valence-corrected chi connectivity index (χ3v) is 9.38. The van der Waals surface area contributed by atoms with Crippen molar-refractivity contribution in [2.75, 3.05) is 25.1 Å². The monoisotopic (exact) mass is 649 g/mol. The minimum atomic E-state index is -4.24. The molecule has 0 radical (unpaired) electrons. The highest BCUT2D eigenvalue weighted by atomic mass is 35.5. The fraction of sp³-hybridized carbons (Fsp3) is 0.355. The molecule has 0 saturated carbocycles. The number of sulfonamides is 1. The van der Waals surface area contributed by atoms with Crippen LogP contribution in [-0.4, -0.2) is 58.0 Å². The van der Waals surface area contributed by atoms with Gasteiger partial charge in [-0.3, -0.25) is 13.9 Å². The summed E-state index contributed by atoms with van der Waals surface area (Å²) in [5.74, 6) is -0.281. The lowest BCUT2D eigenvalue weighted by molar-refractivity contribution is -0.140. The first-order valence-corrected chi connectivity index (χ1v) is 16.0. The molecule has 232 valence electrons. The highest BCUT2D eigenvalue weighted by Crippen LogP contribution is 2.34. The molecule has 2 amide bonds. The van der Waals surface area contributed by atoms with Gasteiger partial charge in [-0.15, -0.1) is 0 Å². The van der Waals surface area contributed by atoms with Crippen molar-refractivity contribution >= 4 is 50.7 Å². The van der Waals surface area contributed by atoms with Gasteiger partial charge in [0.2, 0.25) is 11.8 Å². The lowest BCUT2D eigenvalue weighted by atomic mass is 10.1. The Morgan fingerprint density at radius 2 is 1.58 bits per heavy atom. The highest BCUT2D eigenvalue weighted by Gasteiger charge is 2.34. The Bertz CT molecular complexity index is 1520. The molecule has 0 aliphatic rings. The molecule has 0 aromatic heterocycles. The van der Waals surface area contributed by atoms with Crippen molar-refractivity contribution < 1.29 is 27.5 Å². The largest absolute Gasteiger partial charge is 0.493 e. The third kappa shape index (κ3) is 8.34. The Morgan fingerprint density at radius 3 is 2.16 bits per heavy atom. The van der Waals surface area contributed by atoms with Gasteiger partial charge >= 0.3 is 0 Å². The van der Waals surface area contributed by atoms with E-state index in [1.807, 2.05) is 13.8 Å². The summed E-state index contributed by atoms with van der Waals surface area (Å²) in [6.45, 7) is 4.95. The quantitative estimate of drug-likeness (QED) is 0.232. The number of carbonyl (C=O) groups is 2. The summed E-state index contributed by atoms with van der Waals surface area (Å²) in [5.41, 5.74) is 0.731. The van der Waals surface area contributed by atoms with Gasteiger partial charge in [0.05, 0.1) is 24.8 Å². The molecule has 2 atom stereocenters. The summed E-state index contributed by atoms with van der Waals surface area (Å²) in [7, 11) is -1.34. The van der Waals surface area contributed by atoms with Crippen LogP contribution in [0, 0.1) is 0 Å². The van der Waals surface area contributed by atoms with Gasteiger partial charge in [0.1, 0.15) is 12.6 Å². The molecule has 3 aromatic carbocycles. The summed E-state index contributed by atoms with van der Waals surface area (Å²) in [6, 6.07) is 16.2. The first-order chi connectivity index (χ1) is 20.5. The summed E-state index contributed by atoms with van der Waals surface area (Å²) in [6.07, 6.45) is 0.975. The van der Waals surface area contributed by atoms with Crippen LogP contribution in [0.25, 0.3) is 0 Å². The van der Waals surface area contributed by atoms with Crippen LogP contribution in [-0.2, 0) is 26.2 Å². The van der Waals surface area contributed by atoms with Gasteiger partial charge in [0.25, 0.3) is 10.0 Å². The number of carbonyl (C=O) groups excluding carboxylic acids is 2. The normalized spacial score (nSPS) is 12.6. The minimum Gasteiger partial charge on any atom is -0.493 e. The smallest absolute Gasteiger partial charge is 0.264 e. The maximum Gasteiger partial charge on any atom is 0.264 e. The van der Waals surface area contributed by atoms with Crippen LogP contribution in [0.1, 0.15) is 39.2 Å². The minimum absolute atomic E-state index is 0.00793. The SMILES string of the molecule is CC[C@H](C)NC(=O)[C@H](CC)N(Cc1ccc(Cl)cc1Cl)C(=O)CN(c1ccc(OC)c(OC)c1)S(=O)(=O)c1ccccc1. The zero-order valence-electron chi connectivity index (χ0n) is 24.8. The van der Waals surface area contributed by atoms with Crippen LogP contribution in [0.3, 0.4) is 0 Å². The van der Waals surface area contributed by atoms with Crippen molar-refractivity contribution in [2.24, 2.45) is 0 Å². The molecule has 0 spiro atoms.